The summed E-state index contributed by atoms with van der Waals surface area (Å²) in [6.45, 7) is 20.2. The predicted octanol–water partition coefficient (Wildman–Crippen LogP) is 10.2. The summed E-state index contributed by atoms with van der Waals surface area (Å²) in [5, 5.41) is 10.4. The van der Waals surface area contributed by atoms with Crippen molar-refractivity contribution < 1.29 is 9.84 Å². The quantitative estimate of drug-likeness (QED) is 0.266. The van der Waals surface area contributed by atoms with Crippen LogP contribution in [0.2, 0.25) is 0 Å². The summed E-state index contributed by atoms with van der Waals surface area (Å²) in [5.41, 5.74) is 5.57. The van der Waals surface area contributed by atoms with E-state index in [1.54, 1.807) is 0 Å². The van der Waals surface area contributed by atoms with Crippen LogP contribution in [0.4, 0.5) is 0 Å². The third-order valence-electron chi connectivity index (χ3n) is 8.62. The average molecular weight is 485 g/mol. The molecule has 35 heavy (non-hydrogen) atoms. The zero-order valence-corrected chi connectivity index (χ0v) is 24.7. The SMILES string of the molecule is C/C(=C\CC1(C)CCc2c(C)c(O)c(C)c(C)c2O1)CCCC(C)CCCC(C)CCCC(C)C. The lowest BCUT2D eigenvalue weighted by Crippen LogP contribution is -2.36. The third-order valence-corrected chi connectivity index (χ3v) is 8.62. The first-order chi connectivity index (χ1) is 16.4. The maximum absolute atomic E-state index is 10.4. The highest BCUT2D eigenvalue weighted by atomic mass is 16.5. The molecule has 0 spiro atoms. The number of phenols is 1. The molecule has 1 N–H and O–H groups in total. The van der Waals surface area contributed by atoms with Gasteiger partial charge in [0.25, 0.3) is 0 Å². The van der Waals surface area contributed by atoms with Crippen LogP contribution < -0.4 is 4.74 Å². The van der Waals surface area contributed by atoms with E-state index in [-0.39, 0.29) is 5.60 Å². The van der Waals surface area contributed by atoms with Gasteiger partial charge in [-0.05, 0) is 94.7 Å². The maximum Gasteiger partial charge on any atom is 0.127 e. The van der Waals surface area contributed by atoms with Crippen molar-refractivity contribution in [2.75, 3.05) is 0 Å². The van der Waals surface area contributed by atoms with Crippen LogP contribution in [-0.4, -0.2) is 10.7 Å². The van der Waals surface area contributed by atoms with E-state index >= 15 is 0 Å². The summed E-state index contributed by atoms with van der Waals surface area (Å²) in [4.78, 5) is 0. The van der Waals surface area contributed by atoms with Crippen molar-refractivity contribution in [2.45, 2.75) is 145 Å². The van der Waals surface area contributed by atoms with Gasteiger partial charge in [-0.3, -0.25) is 0 Å². The number of hydrogen-bond donors (Lipinski definition) is 1. The van der Waals surface area contributed by atoms with Crippen LogP contribution in [0.3, 0.4) is 0 Å². The van der Waals surface area contributed by atoms with Crippen molar-refractivity contribution in [3.8, 4) is 11.5 Å². The summed E-state index contributed by atoms with van der Waals surface area (Å²) in [7, 11) is 0. The topological polar surface area (TPSA) is 29.5 Å². The molecule has 0 saturated heterocycles. The lowest BCUT2D eigenvalue weighted by molar-refractivity contribution is 0.0665. The summed E-state index contributed by atoms with van der Waals surface area (Å²) in [6, 6.07) is 0. The van der Waals surface area contributed by atoms with Crippen molar-refractivity contribution in [3.05, 3.63) is 33.9 Å². The first kappa shape index (κ1) is 29.8. The molecular formula is C33H56O2. The molecule has 0 radical (unpaired) electrons. The van der Waals surface area contributed by atoms with E-state index in [0.29, 0.717) is 5.75 Å². The molecule has 1 heterocycles. The standard InChI is InChI=1S/C33H56O2/c1-23(2)13-10-14-24(3)15-11-16-25(4)17-12-18-26(5)19-21-33(9)22-20-30-29(8)31(34)27(6)28(7)32(30)35-33/h19,23-25,34H,10-18,20-22H2,1-9H3/b26-19+. The van der Waals surface area contributed by atoms with Crippen molar-refractivity contribution in [1.29, 1.82) is 0 Å². The zero-order valence-electron chi connectivity index (χ0n) is 24.7. The highest BCUT2D eigenvalue weighted by Gasteiger charge is 2.33. The molecule has 1 aromatic carbocycles. The fourth-order valence-corrected chi connectivity index (χ4v) is 5.64. The van der Waals surface area contributed by atoms with E-state index < -0.39 is 0 Å². The molecule has 0 bridgehead atoms. The first-order valence-electron chi connectivity index (χ1n) is 14.6. The number of aromatic hydroxyl groups is 1. The van der Waals surface area contributed by atoms with Crippen LogP contribution in [0, 0.1) is 38.5 Å². The van der Waals surface area contributed by atoms with Gasteiger partial charge in [0.05, 0.1) is 0 Å². The molecule has 1 aliphatic rings. The van der Waals surface area contributed by atoms with Crippen LogP contribution in [0.25, 0.3) is 0 Å². The van der Waals surface area contributed by atoms with Crippen LogP contribution >= 0.6 is 0 Å². The van der Waals surface area contributed by atoms with Gasteiger partial charge in [-0.2, -0.15) is 0 Å². The summed E-state index contributed by atoms with van der Waals surface area (Å²) in [5.74, 6) is 4.04. The number of allylic oxidation sites excluding steroid dienone is 1. The van der Waals surface area contributed by atoms with Gasteiger partial charge < -0.3 is 9.84 Å². The zero-order chi connectivity index (χ0) is 26.2. The molecule has 2 rings (SSSR count). The molecule has 0 amide bonds. The van der Waals surface area contributed by atoms with Gasteiger partial charge >= 0.3 is 0 Å². The molecule has 2 heteroatoms. The second kappa shape index (κ2) is 13.8. The molecule has 0 fully saturated rings. The smallest absolute Gasteiger partial charge is 0.127 e. The van der Waals surface area contributed by atoms with Gasteiger partial charge in [-0.25, -0.2) is 0 Å². The summed E-state index contributed by atoms with van der Waals surface area (Å²) >= 11 is 0. The van der Waals surface area contributed by atoms with Gasteiger partial charge in [-0.15, -0.1) is 0 Å². The summed E-state index contributed by atoms with van der Waals surface area (Å²) < 4.78 is 6.60. The second-order valence-electron chi connectivity index (χ2n) is 12.7. The Morgan fingerprint density at radius 3 is 2.06 bits per heavy atom. The van der Waals surface area contributed by atoms with E-state index in [1.807, 2.05) is 13.8 Å². The Kier molecular flexibility index (Phi) is 11.7. The van der Waals surface area contributed by atoms with Gasteiger partial charge in [0.15, 0.2) is 0 Å². The van der Waals surface area contributed by atoms with Crippen LogP contribution in [0.15, 0.2) is 11.6 Å². The normalized spacial score (nSPS) is 20.0. The molecular weight excluding hydrogens is 428 g/mol. The highest BCUT2D eigenvalue weighted by Crippen LogP contribution is 2.44. The van der Waals surface area contributed by atoms with Crippen molar-refractivity contribution in [3.63, 3.8) is 0 Å². The van der Waals surface area contributed by atoms with Gasteiger partial charge in [0, 0.05) is 12.0 Å². The molecule has 3 unspecified atom stereocenters. The van der Waals surface area contributed by atoms with Crippen molar-refractivity contribution in [2.24, 2.45) is 17.8 Å². The molecule has 0 saturated carbocycles. The lowest BCUT2D eigenvalue weighted by atomic mass is 9.85. The predicted molar refractivity (Wildman–Crippen MR) is 153 cm³/mol. The Bertz CT molecular complexity index is 834. The molecule has 2 nitrogen and oxygen atoms in total. The lowest BCUT2D eigenvalue weighted by Gasteiger charge is -2.37. The Balaban J connectivity index is 1.72. The maximum atomic E-state index is 10.4. The Morgan fingerprint density at radius 2 is 1.46 bits per heavy atom. The average Bonchev–Trinajstić information content (AvgIpc) is 2.80. The van der Waals surface area contributed by atoms with Crippen molar-refractivity contribution >= 4 is 0 Å². The largest absolute Gasteiger partial charge is 0.507 e. The van der Waals surface area contributed by atoms with Gasteiger partial charge in [0.1, 0.15) is 17.1 Å². The monoisotopic (exact) mass is 484 g/mol. The molecule has 0 aromatic heterocycles. The Labute approximate surface area is 217 Å². The molecule has 200 valence electrons. The number of ether oxygens (including phenoxy) is 1. The van der Waals surface area contributed by atoms with E-state index in [4.69, 9.17) is 4.74 Å². The van der Waals surface area contributed by atoms with E-state index in [0.717, 1.165) is 59.5 Å². The molecule has 3 atom stereocenters. The molecule has 1 aromatic rings. The number of benzene rings is 1. The number of rotatable bonds is 14. The van der Waals surface area contributed by atoms with E-state index in [2.05, 4.69) is 54.5 Å². The van der Waals surface area contributed by atoms with Crippen LogP contribution in [-0.2, 0) is 6.42 Å². The van der Waals surface area contributed by atoms with Crippen LogP contribution in [0.1, 0.15) is 134 Å². The number of phenolic OH excluding ortho intramolecular Hbond substituents is 1. The summed E-state index contributed by atoms with van der Waals surface area (Å²) in [6.07, 6.45) is 17.6. The molecule has 0 aliphatic carbocycles. The number of fused-ring (bicyclic) bond motifs is 1. The fraction of sp³-hybridized carbons (Fsp3) is 0.758. The third kappa shape index (κ3) is 9.18. The van der Waals surface area contributed by atoms with Gasteiger partial charge in [-0.1, -0.05) is 84.3 Å². The Morgan fingerprint density at radius 1 is 0.886 bits per heavy atom. The molecule has 1 aliphatic heterocycles. The minimum Gasteiger partial charge on any atom is -0.507 e. The number of hydrogen-bond acceptors (Lipinski definition) is 2. The van der Waals surface area contributed by atoms with Crippen LogP contribution in [0.5, 0.6) is 11.5 Å². The first-order valence-corrected chi connectivity index (χ1v) is 14.6. The second-order valence-corrected chi connectivity index (χ2v) is 12.7. The van der Waals surface area contributed by atoms with E-state index in [9.17, 15) is 5.11 Å². The van der Waals surface area contributed by atoms with Gasteiger partial charge in [0.2, 0.25) is 0 Å². The minimum atomic E-state index is -0.159. The highest BCUT2D eigenvalue weighted by molar-refractivity contribution is 5.58. The fourth-order valence-electron chi connectivity index (χ4n) is 5.64. The van der Waals surface area contributed by atoms with E-state index in [1.165, 1.54) is 68.9 Å². The minimum absolute atomic E-state index is 0.159. The van der Waals surface area contributed by atoms with Crippen molar-refractivity contribution in [1.82, 2.24) is 0 Å². The Hall–Kier alpha value is -1.44.